The van der Waals surface area contributed by atoms with Crippen LogP contribution < -0.4 is 0 Å². The van der Waals surface area contributed by atoms with E-state index in [2.05, 4.69) is 0 Å². The number of hydrogen-bond acceptors (Lipinski definition) is 4. The highest BCUT2D eigenvalue weighted by Crippen LogP contribution is 2.25. The van der Waals surface area contributed by atoms with Crippen LogP contribution in [-0.2, 0) is 10.0 Å². The monoisotopic (exact) mass is 285 g/mol. The third-order valence-corrected chi connectivity index (χ3v) is 5.44. The zero-order valence-electron chi connectivity index (χ0n) is 10.9. The van der Waals surface area contributed by atoms with Gasteiger partial charge in [0.05, 0.1) is 23.6 Å². The first-order valence-electron chi connectivity index (χ1n) is 6.32. The second-order valence-electron chi connectivity index (χ2n) is 4.94. The van der Waals surface area contributed by atoms with Crippen molar-refractivity contribution in [3.63, 3.8) is 0 Å². The van der Waals surface area contributed by atoms with Gasteiger partial charge in [0.15, 0.2) is 0 Å². The largest absolute Gasteiger partial charge is 0.395 e. The van der Waals surface area contributed by atoms with Crippen LogP contribution >= 0.6 is 0 Å². The fourth-order valence-corrected chi connectivity index (χ4v) is 3.98. The van der Waals surface area contributed by atoms with Crippen LogP contribution in [0.25, 0.3) is 0 Å². The summed E-state index contributed by atoms with van der Waals surface area (Å²) >= 11 is 0. The van der Waals surface area contributed by atoms with Crippen LogP contribution in [0.5, 0.6) is 0 Å². The fraction of sp³-hybridized carbons (Fsp3) is 0.538. The smallest absolute Gasteiger partial charge is 0.243 e. The third kappa shape index (κ3) is 2.97. The Hall–Kier alpha value is -0.950. The van der Waals surface area contributed by atoms with Crippen molar-refractivity contribution >= 4 is 10.0 Å². The van der Waals surface area contributed by atoms with E-state index in [0.29, 0.717) is 6.42 Å². The lowest BCUT2D eigenvalue weighted by atomic mass is 10.0. The van der Waals surface area contributed by atoms with Gasteiger partial charge in [-0.1, -0.05) is 17.7 Å². The van der Waals surface area contributed by atoms with Crippen LogP contribution in [-0.4, -0.2) is 48.2 Å². The highest BCUT2D eigenvalue weighted by molar-refractivity contribution is 7.89. The van der Waals surface area contributed by atoms with E-state index in [0.717, 1.165) is 5.56 Å². The molecule has 0 amide bonds. The van der Waals surface area contributed by atoms with Crippen molar-refractivity contribution in [1.29, 1.82) is 0 Å². The van der Waals surface area contributed by atoms with E-state index in [1.807, 2.05) is 6.92 Å². The molecule has 19 heavy (non-hydrogen) atoms. The zero-order valence-corrected chi connectivity index (χ0v) is 11.7. The van der Waals surface area contributed by atoms with Gasteiger partial charge >= 0.3 is 0 Å². The third-order valence-electron chi connectivity index (χ3n) is 3.47. The lowest BCUT2D eigenvalue weighted by Crippen LogP contribution is -2.49. The van der Waals surface area contributed by atoms with Gasteiger partial charge in [-0.2, -0.15) is 4.31 Å². The minimum Gasteiger partial charge on any atom is -0.395 e. The van der Waals surface area contributed by atoms with Crippen LogP contribution in [0.3, 0.4) is 0 Å². The minimum absolute atomic E-state index is 0.230. The molecule has 0 saturated carbocycles. The molecule has 5 nitrogen and oxygen atoms in total. The van der Waals surface area contributed by atoms with Crippen molar-refractivity contribution in [2.45, 2.75) is 36.8 Å². The molecule has 1 heterocycles. The minimum atomic E-state index is -3.60. The van der Waals surface area contributed by atoms with Crippen LogP contribution in [0.4, 0.5) is 0 Å². The molecule has 1 aliphatic rings. The molecular formula is C13H19NO4S. The number of hydrogen-bond donors (Lipinski definition) is 2. The first-order valence-corrected chi connectivity index (χ1v) is 7.76. The van der Waals surface area contributed by atoms with Gasteiger partial charge in [0.1, 0.15) is 0 Å². The molecule has 1 saturated heterocycles. The number of aliphatic hydroxyl groups excluding tert-OH is 2. The summed E-state index contributed by atoms with van der Waals surface area (Å²) in [6.45, 7) is 1.86. The van der Waals surface area contributed by atoms with Crippen molar-refractivity contribution in [2.24, 2.45) is 0 Å². The number of aryl methyl sites for hydroxylation is 1. The Kier molecular flexibility index (Phi) is 4.25. The van der Waals surface area contributed by atoms with Crippen LogP contribution in [0.15, 0.2) is 29.2 Å². The van der Waals surface area contributed by atoms with Crippen LogP contribution in [0.1, 0.15) is 18.4 Å². The zero-order chi connectivity index (χ0) is 14.0. The lowest BCUT2D eigenvalue weighted by molar-refractivity contribution is 0.0565. The van der Waals surface area contributed by atoms with E-state index in [1.54, 1.807) is 24.3 Å². The normalized spacial score (nSPS) is 25.4. The van der Waals surface area contributed by atoms with Crippen molar-refractivity contribution in [1.82, 2.24) is 4.31 Å². The topological polar surface area (TPSA) is 77.8 Å². The number of benzene rings is 1. The maximum absolute atomic E-state index is 12.5. The molecule has 1 aliphatic heterocycles. The van der Waals surface area contributed by atoms with Crippen molar-refractivity contribution < 1.29 is 18.6 Å². The van der Waals surface area contributed by atoms with Gasteiger partial charge in [-0.05, 0) is 31.9 Å². The predicted molar refractivity (Wildman–Crippen MR) is 71.2 cm³/mol. The summed E-state index contributed by atoms with van der Waals surface area (Å²) in [6.07, 6.45) is 0.144. The molecule has 1 aromatic carbocycles. The molecule has 1 fully saturated rings. The second-order valence-corrected chi connectivity index (χ2v) is 6.83. The Morgan fingerprint density at radius 2 is 1.95 bits per heavy atom. The van der Waals surface area contributed by atoms with E-state index >= 15 is 0 Å². The van der Waals surface area contributed by atoms with Gasteiger partial charge in [0.2, 0.25) is 10.0 Å². The number of rotatable bonds is 3. The first-order chi connectivity index (χ1) is 8.95. The molecule has 0 bridgehead atoms. The lowest BCUT2D eigenvalue weighted by Gasteiger charge is -2.35. The molecular weight excluding hydrogens is 266 g/mol. The Morgan fingerprint density at radius 3 is 2.53 bits per heavy atom. The SMILES string of the molecule is Cc1ccc(S(=O)(=O)N2CC[C@@H](O)C[C@H]2CO)cc1. The number of aliphatic hydroxyl groups is 2. The van der Waals surface area contributed by atoms with Gasteiger partial charge in [-0.15, -0.1) is 0 Å². The van der Waals surface area contributed by atoms with Gasteiger partial charge in [0, 0.05) is 6.54 Å². The molecule has 2 N–H and O–H groups in total. The summed E-state index contributed by atoms with van der Waals surface area (Å²) in [5.74, 6) is 0. The van der Waals surface area contributed by atoms with E-state index in [1.165, 1.54) is 4.31 Å². The molecule has 2 atom stereocenters. The highest BCUT2D eigenvalue weighted by Gasteiger charge is 2.35. The Morgan fingerprint density at radius 1 is 1.32 bits per heavy atom. The number of sulfonamides is 1. The molecule has 0 radical (unpaired) electrons. The van der Waals surface area contributed by atoms with Gasteiger partial charge < -0.3 is 10.2 Å². The van der Waals surface area contributed by atoms with Crippen molar-refractivity contribution in [3.8, 4) is 0 Å². The summed E-state index contributed by atoms with van der Waals surface area (Å²) in [5.41, 5.74) is 0.992. The highest BCUT2D eigenvalue weighted by atomic mass is 32.2. The maximum atomic E-state index is 12.5. The Balaban J connectivity index is 2.30. The molecule has 0 spiro atoms. The quantitative estimate of drug-likeness (QED) is 0.848. The Labute approximate surface area is 113 Å². The summed E-state index contributed by atoms with van der Waals surface area (Å²) in [7, 11) is -3.60. The molecule has 0 unspecified atom stereocenters. The number of piperidine rings is 1. The van der Waals surface area contributed by atoms with E-state index < -0.39 is 22.2 Å². The molecule has 0 aliphatic carbocycles. The summed E-state index contributed by atoms with van der Waals surface area (Å²) in [6, 6.07) is 6.10. The summed E-state index contributed by atoms with van der Waals surface area (Å²) in [4.78, 5) is 0.230. The van der Waals surface area contributed by atoms with E-state index in [4.69, 9.17) is 0 Å². The van der Waals surface area contributed by atoms with Gasteiger partial charge in [-0.25, -0.2) is 8.42 Å². The van der Waals surface area contributed by atoms with Gasteiger partial charge in [0.25, 0.3) is 0 Å². The van der Waals surface area contributed by atoms with E-state index in [9.17, 15) is 18.6 Å². The van der Waals surface area contributed by atoms with Crippen molar-refractivity contribution in [3.05, 3.63) is 29.8 Å². The molecule has 1 aromatic rings. The number of nitrogens with zero attached hydrogens (tertiary/aromatic N) is 1. The average molecular weight is 285 g/mol. The van der Waals surface area contributed by atoms with Crippen molar-refractivity contribution in [2.75, 3.05) is 13.2 Å². The second kappa shape index (κ2) is 5.58. The summed E-state index contributed by atoms with van der Waals surface area (Å²) < 4.78 is 26.3. The van der Waals surface area contributed by atoms with E-state index in [-0.39, 0.29) is 24.5 Å². The Bertz CT molecular complexity index is 526. The first kappa shape index (κ1) is 14.5. The fourth-order valence-electron chi connectivity index (χ4n) is 2.34. The molecule has 106 valence electrons. The maximum Gasteiger partial charge on any atom is 0.243 e. The standard InChI is InChI=1S/C13H19NO4S/c1-10-2-4-13(5-3-10)19(17,18)14-7-6-12(16)8-11(14)9-15/h2-5,11-12,15-16H,6-9H2,1H3/t11-,12+/m0/s1. The predicted octanol–water partition coefficient (Wildman–Crippen LogP) is 0.501. The summed E-state index contributed by atoms with van der Waals surface area (Å²) in [5, 5.41) is 18.9. The van der Waals surface area contributed by atoms with Crippen LogP contribution in [0.2, 0.25) is 0 Å². The molecule has 6 heteroatoms. The van der Waals surface area contributed by atoms with Crippen LogP contribution in [0, 0.1) is 6.92 Å². The molecule has 2 rings (SSSR count). The van der Waals surface area contributed by atoms with Gasteiger partial charge in [-0.3, -0.25) is 0 Å². The average Bonchev–Trinajstić information content (AvgIpc) is 2.38. The molecule has 0 aromatic heterocycles.